The molecule has 0 radical (unpaired) electrons. The Balaban J connectivity index is 1.70. The van der Waals surface area contributed by atoms with E-state index >= 15 is 0 Å². The van der Waals surface area contributed by atoms with Gasteiger partial charge in [-0.1, -0.05) is 29.8 Å². The number of nitrogens with one attached hydrogen (secondary N) is 2. The number of benzene rings is 2. The highest BCUT2D eigenvalue weighted by atomic mass is 32.2. The summed E-state index contributed by atoms with van der Waals surface area (Å²) in [5.74, 6) is 0.409. The van der Waals surface area contributed by atoms with E-state index in [4.69, 9.17) is 9.26 Å². The molecule has 2 N–H and O–H groups in total. The SMILES string of the molecule is CCOc1ccccc1NC(=O)CSc1c(=O)o[nH][n+]1-c1ccc(C)cc1. The summed E-state index contributed by atoms with van der Waals surface area (Å²) in [6.07, 6.45) is 0. The molecule has 0 aliphatic heterocycles. The van der Waals surface area contributed by atoms with E-state index in [2.05, 4.69) is 10.6 Å². The fourth-order valence-electron chi connectivity index (χ4n) is 2.42. The van der Waals surface area contributed by atoms with Crippen molar-refractivity contribution in [2.75, 3.05) is 17.7 Å². The van der Waals surface area contributed by atoms with Crippen LogP contribution in [0.4, 0.5) is 5.69 Å². The lowest BCUT2D eigenvalue weighted by molar-refractivity contribution is -0.704. The van der Waals surface area contributed by atoms with Crippen molar-refractivity contribution >= 4 is 23.4 Å². The summed E-state index contributed by atoms with van der Waals surface area (Å²) in [5.41, 5.74) is 1.92. The smallest absolute Gasteiger partial charge is 0.442 e. The number of thioether (sulfide) groups is 1. The minimum atomic E-state index is -0.525. The van der Waals surface area contributed by atoms with Crippen molar-refractivity contribution in [3.8, 4) is 11.4 Å². The fraction of sp³-hybridized carbons (Fsp3) is 0.211. The van der Waals surface area contributed by atoms with E-state index in [0.717, 1.165) is 23.0 Å². The van der Waals surface area contributed by atoms with E-state index in [1.165, 1.54) is 4.68 Å². The first-order valence-corrected chi connectivity index (χ1v) is 9.42. The molecule has 0 aliphatic carbocycles. The van der Waals surface area contributed by atoms with Crippen LogP contribution in [0.15, 0.2) is 62.9 Å². The summed E-state index contributed by atoms with van der Waals surface area (Å²) in [5, 5.41) is 5.67. The zero-order valence-electron chi connectivity index (χ0n) is 15.0. The molecule has 0 bridgehead atoms. The number of hydrogen-bond donors (Lipinski definition) is 2. The Morgan fingerprint density at radius 1 is 1.22 bits per heavy atom. The number of para-hydroxylation sites is 2. The van der Waals surface area contributed by atoms with Crippen LogP contribution in [0.25, 0.3) is 5.69 Å². The van der Waals surface area contributed by atoms with Gasteiger partial charge in [-0.3, -0.25) is 9.32 Å². The number of hydrogen-bond acceptors (Lipinski definition) is 5. The van der Waals surface area contributed by atoms with Gasteiger partial charge < -0.3 is 10.1 Å². The lowest BCUT2D eigenvalue weighted by Gasteiger charge is -2.10. The Morgan fingerprint density at radius 3 is 2.70 bits per heavy atom. The van der Waals surface area contributed by atoms with Crippen LogP contribution in [0, 0.1) is 6.92 Å². The van der Waals surface area contributed by atoms with Crippen molar-refractivity contribution in [2.45, 2.75) is 18.9 Å². The van der Waals surface area contributed by atoms with Crippen LogP contribution in [0.5, 0.6) is 5.75 Å². The Labute approximate surface area is 160 Å². The van der Waals surface area contributed by atoms with Gasteiger partial charge in [0.15, 0.2) is 0 Å². The number of rotatable bonds is 7. The van der Waals surface area contributed by atoms with E-state index in [-0.39, 0.29) is 11.7 Å². The van der Waals surface area contributed by atoms with Gasteiger partial charge in [-0.2, -0.15) is 0 Å². The van der Waals surface area contributed by atoms with Crippen molar-refractivity contribution in [1.29, 1.82) is 0 Å². The van der Waals surface area contributed by atoms with Gasteiger partial charge in [0.1, 0.15) is 5.75 Å². The van der Waals surface area contributed by atoms with Gasteiger partial charge >= 0.3 is 10.7 Å². The highest BCUT2D eigenvalue weighted by Gasteiger charge is 2.25. The standard InChI is InChI=1S/C19H19N3O4S/c1-3-25-16-7-5-4-6-15(16)20-17(23)12-27-18-19(24)26-21-22(18)14-10-8-13(2)9-11-14/h4-11H,3,12H2,1-2H3,(H-,20,21,23,24)/p+1. The molecule has 1 heterocycles. The van der Waals surface area contributed by atoms with Gasteiger partial charge in [0.25, 0.3) is 0 Å². The molecule has 1 amide bonds. The van der Waals surface area contributed by atoms with Crippen LogP contribution in [-0.4, -0.2) is 23.5 Å². The monoisotopic (exact) mass is 386 g/mol. The number of carbonyl (C=O) groups is 1. The van der Waals surface area contributed by atoms with Gasteiger partial charge in [0, 0.05) is 12.1 Å². The maximum Gasteiger partial charge on any atom is 0.442 e. The number of amides is 1. The molecule has 0 aliphatic rings. The second-order valence-electron chi connectivity index (χ2n) is 5.72. The average Bonchev–Trinajstić information content (AvgIpc) is 3.03. The number of aromatic nitrogens is 2. The molecule has 140 valence electrons. The molecule has 8 heteroatoms. The fourth-order valence-corrected chi connectivity index (χ4v) is 3.19. The van der Waals surface area contributed by atoms with Crippen LogP contribution < -0.4 is 20.4 Å². The third kappa shape index (κ3) is 4.59. The summed E-state index contributed by atoms with van der Waals surface area (Å²) in [4.78, 5) is 24.3. The van der Waals surface area contributed by atoms with Crippen molar-refractivity contribution in [3.05, 3.63) is 64.5 Å². The number of carbonyl (C=O) groups excluding carboxylic acids is 1. The van der Waals surface area contributed by atoms with Crippen LogP contribution in [0.3, 0.4) is 0 Å². The van der Waals surface area contributed by atoms with Gasteiger partial charge in [-0.25, -0.2) is 4.79 Å². The third-order valence-electron chi connectivity index (χ3n) is 3.70. The molecule has 3 aromatic rings. The summed E-state index contributed by atoms with van der Waals surface area (Å²) in [6.45, 7) is 4.36. The Hall–Kier alpha value is -3.00. The summed E-state index contributed by atoms with van der Waals surface area (Å²) < 4.78 is 11.9. The quantitative estimate of drug-likeness (QED) is 0.481. The van der Waals surface area contributed by atoms with Crippen LogP contribution in [-0.2, 0) is 4.79 Å². The van der Waals surface area contributed by atoms with Crippen molar-refractivity contribution in [3.63, 3.8) is 0 Å². The second-order valence-corrected chi connectivity index (χ2v) is 6.69. The molecule has 0 spiro atoms. The predicted octanol–water partition coefficient (Wildman–Crippen LogP) is 2.68. The van der Waals surface area contributed by atoms with Gasteiger partial charge in [-0.15, -0.1) is 0 Å². The number of H-pyrrole nitrogens is 1. The van der Waals surface area contributed by atoms with Gasteiger partial charge in [0.2, 0.25) is 11.6 Å². The normalized spacial score (nSPS) is 10.6. The molecule has 3 rings (SSSR count). The number of ether oxygens (including phenoxy) is 1. The Kier molecular flexibility index (Phi) is 5.97. The van der Waals surface area contributed by atoms with Crippen molar-refractivity contribution in [2.24, 2.45) is 0 Å². The molecule has 27 heavy (non-hydrogen) atoms. The lowest BCUT2D eigenvalue weighted by Crippen LogP contribution is -2.36. The highest BCUT2D eigenvalue weighted by molar-refractivity contribution is 7.99. The van der Waals surface area contributed by atoms with Crippen LogP contribution in [0.2, 0.25) is 0 Å². The lowest BCUT2D eigenvalue weighted by atomic mass is 10.2. The topological polar surface area (TPSA) is 88.2 Å². The molecule has 7 nitrogen and oxygen atoms in total. The van der Waals surface area contributed by atoms with E-state index < -0.39 is 5.63 Å². The van der Waals surface area contributed by atoms with Crippen LogP contribution >= 0.6 is 11.8 Å². The van der Waals surface area contributed by atoms with Crippen molar-refractivity contribution < 1.29 is 18.7 Å². The van der Waals surface area contributed by atoms with Crippen molar-refractivity contribution in [1.82, 2.24) is 5.27 Å². The molecule has 0 fully saturated rings. The first kappa shape index (κ1) is 18.8. The number of nitrogens with zero attached hydrogens (tertiary/aromatic N) is 1. The third-order valence-corrected chi connectivity index (χ3v) is 4.73. The summed E-state index contributed by atoms with van der Waals surface area (Å²) in [7, 11) is 0. The Bertz CT molecular complexity index is 979. The minimum Gasteiger partial charge on any atom is -0.492 e. The first-order valence-electron chi connectivity index (χ1n) is 8.43. The van der Waals surface area contributed by atoms with E-state index in [0.29, 0.717) is 23.1 Å². The maximum atomic E-state index is 12.3. The number of anilines is 1. The van der Waals surface area contributed by atoms with E-state index in [9.17, 15) is 9.59 Å². The first-order chi connectivity index (χ1) is 13.1. The molecule has 0 saturated heterocycles. The minimum absolute atomic E-state index is 0.0505. The maximum absolute atomic E-state index is 12.3. The predicted molar refractivity (Wildman–Crippen MR) is 103 cm³/mol. The zero-order valence-corrected chi connectivity index (χ0v) is 15.8. The molecule has 0 unspecified atom stereocenters. The molecule has 0 saturated carbocycles. The Morgan fingerprint density at radius 2 is 1.96 bits per heavy atom. The van der Waals surface area contributed by atoms with E-state index in [1.54, 1.807) is 12.1 Å². The van der Waals surface area contributed by atoms with E-state index in [1.807, 2.05) is 50.2 Å². The molecular weight excluding hydrogens is 366 g/mol. The molecular formula is C19H20N3O4S+. The summed E-state index contributed by atoms with van der Waals surface area (Å²) >= 11 is 1.10. The average molecular weight is 386 g/mol. The van der Waals surface area contributed by atoms with Gasteiger partial charge in [-0.05, 0) is 47.7 Å². The largest absolute Gasteiger partial charge is 0.492 e. The summed E-state index contributed by atoms with van der Waals surface area (Å²) in [6, 6.07) is 14.8. The second kappa shape index (κ2) is 8.59. The zero-order chi connectivity index (χ0) is 19.2. The molecule has 1 aromatic heterocycles. The van der Waals surface area contributed by atoms with Crippen LogP contribution in [0.1, 0.15) is 12.5 Å². The number of aromatic amines is 1. The number of aryl methyl sites for hydroxylation is 1. The highest BCUT2D eigenvalue weighted by Crippen LogP contribution is 2.24. The molecule has 0 atom stereocenters. The van der Waals surface area contributed by atoms with Gasteiger partial charge in [0.05, 0.1) is 18.0 Å². The molecule has 2 aromatic carbocycles.